The molecule has 0 heteroatoms. The molecule has 0 spiro atoms. The van der Waals surface area contributed by atoms with Gasteiger partial charge in [0.1, 0.15) is 0 Å². The molecule has 0 saturated carbocycles. The van der Waals surface area contributed by atoms with Gasteiger partial charge in [0, 0.05) is 0 Å². The standard InChI is InChI=1S/C17H28/c1-4-7-8-9-12-15(5-2)17-14-11-10-13-16(17)6-3/h10-11,13-15H,4-9,12H2,1-3H3. The lowest BCUT2D eigenvalue weighted by Gasteiger charge is -2.18. The van der Waals surface area contributed by atoms with Gasteiger partial charge >= 0.3 is 0 Å². The molecule has 0 bridgehead atoms. The van der Waals surface area contributed by atoms with Crippen molar-refractivity contribution in [2.45, 2.75) is 71.6 Å². The van der Waals surface area contributed by atoms with Gasteiger partial charge in [-0.2, -0.15) is 0 Å². The van der Waals surface area contributed by atoms with Gasteiger partial charge in [0.25, 0.3) is 0 Å². The van der Waals surface area contributed by atoms with Gasteiger partial charge in [-0.25, -0.2) is 0 Å². The summed E-state index contributed by atoms with van der Waals surface area (Å²) in [6.45, 7) is 6.88. The molecule has 0 heterocycles. The first-order valence-electron chi connectivity index (χ1n) is 7.41. The lowest BCUT2D eigenvalue weighted by Crippen LogP contribution is -2.01. The zero-order chi connectivity index (χ0) is 12.5. The first-order valence-corrected chi connectivity index (χ1v) is 7.41. The predicted octanol–water partition coefficient (Wildman–Crippen LogP) is 5.71. The van der Waals surface area contributed by atoms with E-state index < -0.39 is 0 Å². The molecule has 1 aromatic rings. The number of hydrogen-bond acceptors (Lipinski definition) is 0. The van der Waals surface area contributed by atoms with Gasteiger partial charge in [-0.05, 0) is 36.3 Å². The van der Waals surface area contributed by atoms with Crippen molar-refractivity contribution >= 4 is 0 Å². The number of rotatable bonds is 8. The van der Waals surface area contributed by atoms with E-state index in [1.807, 2.05) is 0 Å². The zero-order valence-corrected chi connectivity index (χ0v) is 11.8. The molecule has 0 nitrogen and oxygen atoms in total. The molecule has 1 atom stereocenters. The van der Waals surface area contributed by atoms with Crippen molar-refractivity contribution in [3.8, 4) is 0 Å². The third-order valence-corrected chi connectivity index (χ3v) is 3.77. The van der Waals surface area contributed by atoms with Crippen LogP contribution in [-0.4, -0.2) is 0 Å². The molecule has 0 amide bonds. The maximum atomic E-state index is 2.34. The highest BCUT2D eigenvalue weighted by molar-refractivity contribution is 5.30. The second-order valence-corrected chi connectivity index (χ2v) is 5.01. The van der Waals surface area contributed by atoms with Crippen LogP contribution in [0.5, 0.6) is 0 Å². The van der Waals surface area contributed by atoms with Crippen LogP contribution in [0.25, 0.3) is 0 Å². The minimum atomic E-state index is 0.781. The molecule has 0 radical (unpaired) electrons. The van der Waals surface area contributed by atoms with Gasteiger partial charge < -0.3 is 0 Å². The van der Waals surface area contributed by atoms with Crippen molar-refractivity contribution in [3.05, 3.63) is 35.4 Å². The Labute approximate surface area is 107 Å². The van der Waals surface area contributed by atoms with E-state index >= 15 is 0 Å². The van der Waals surface area contributed by atoms with Crippen LogP contribution in [-0.2, 0) is 6.42 Å². The summed E-state index contributed by atoms with van der Waals surface area (Å²) in [6, 6.07) is 9.01. The van der Waals surface area contributed by atoms with E-state index in [4.69, 9.17) is 0 Å². The number of hydrogen-bond donors (Lipinski definition) is 0. The second-order valence-electron chi connectivity index (χ2n) is 5.01. The average Bonchev–Trinajstić information content (AvgIpc) is 2.39. The molecule has 0 aliphatic carbocycles. The van der Waals surface area contributed by atoms with Gasteiger partial charge in [-0.3, -0.25) is 0 Å². The summed E-state index contributed by atoms with van der Waals surface area (Å²) in [5, 5.41) is 0. The molecule has 0 aliphatic heterocycles. The summed E-state index contributed by atoms with van der Waals surface area (Å²) in [7, 11) is 0. The molecule has 96 valence electrons. The van der Waals surface area contributed by atoms with E-state index in [0.29, 0.717) is 0 Å². The van der Waals surface area contributed by atoms with E-state index in [1.165, 1.54) is 44.9 Å². The van der Waals surface area contributed by atoms with E-state index in [-0.39, 0.29) is 0 Å². The monoisotopic (exact) mass is 232 g/mol. The molecule has 0 fully saturated rings. The SMILES string of the molecule is CCCCCCC(CC)c1ccccc1CC. The maximum absolute atomic E-state index is 2.34. The third kappa shape index (κ3) is 4.53. The summed E-state index contributed by atoms with van der Waals surface area (Å²) >= 11 is 0. The Kier molecular flexibility index (Phi) is 7.00. The van der Waals surface area contributed by atoms with Crippen molar-refractivity contribution in [3.63, 3.8) is 0 Å². The lowest BCUT2D eigenvalue weighted by molar-refractivity contribution is 0.540. The second kappa shape index (κ2) is 8.33. The van der Waals surface area contributed by atoms with Crippen molar-refractivity contribution in [1.82, 2.24) is 0 Å². The van der Waals surface area contributed by atoms with Gasteiger partial charge in [-0.1, -0.05) is 70.7 Å². The predicted molar refractivity (Wildman–Crippen MR) is 77.6 cm³/mol. The fraction of sp³-hybridized carbons (Fsp3) is 0.647. The Morgan fingerprint density at radius 3 is 2.35 bits per heavy atom. The van der Waals surface area contributed by atoms with Crippen LogP contribution in [0.1, 0.15) is 76.3 Å². The van der Waals surface area contributed by atoms with Crippen molar-refractivity contribution in [1.29, 1.82) is 0 Å². The summed E-state index contributed by atoms with van der Waals surface area (Å²) in [5.41, 5.74) is 3.16. The van der Waals surface area contributed by atoms with Crippen molar-refractivity contribution < 1.29 is 0 Å². The van der Waals surface area contributed by atoms with Gasteiger partial charge in [-0.15, -0.1) is 0 Å². The third-order valence-electron chi connectivity index (χ3n) is 3.77. The Morgan fingerprint density at radius 2 is 1.71 bits per heavy atom. The van der Waals surface area contributed by atoms with Crippen molar-refractivity contribution in [2.24, 2.45) is 0 Å². The highest BCUT2D eigenvalue weighted by atomic mass is 14.2. The Balaban J connectivity index is 2.59. The molecule has 0 saturated heterocycles. The van der Waals surface area contributed by atoms with E-state index in [1.54, 1.807) is 11.1 Å². The molecule has 1 rings (SSSR count). The molecule has 0 aliphatic rings. The smallest absolute Gasteiger partial charge is 0.0162 e. The van der Waals surface area contributed by atoms with Crippen LogP contribution in [0.4, 0.5) is 0 Å². The normalized spacial score (nSPS) is 12.6. The molecule has 17 heavy (non-hydrogen) atoms. The minimum absolute atomic E-state index is 0.781. The van der Waals surface area contributed by atoms with Crippen LogP contribution in [0.15, 0.2) is 24.3 Å². The highest BCUT2D eigenvalue weighted by Crippen LogP contribution is 2.28. The fourth-order valence-electron chi connectivity index (χ4n) is 2.65. The quantitative estimate of drug-likeness (QED) is 0.503. The number of aryl methyl sites for hydroxylation is 1. The topological polar surface area (TPSA) is 0 Å². The van der Waals surface area contributed by atoms with Gasteiger partial charge in [0.2, 0.25) is 0 Å². The minimum Gasteiger partial charge on any atom is -0.0654 e. The average molecular weight is 232 g/mol. The first kappa shape index (κ1) is 14.3. The number of unbranched alkanes of at least 4 members (excludes halogenated alkanes) is 3. The van der Waals surface area contributed by atoms with Gasteiger partial charge in [0.15, 0.2) is 0 Å². The highest BCUT2D eigenvalue weighted by Gasteiger charge is 2.11. The first-order chi connectivity index (χ1) is 8.33. The van der Waals surface area contributed by atoms with Crippen LogP contribution in [0.3, 0.4) is 0 Å². The van der Waals surface area contributed by atoms with E-state index in [2.05, 4.69) is 45.0 Å². The lowest BCUT2D eigenvalue weighted by atomic mass is 9.87. The molecular formula is C17H28. The van der Waals surface area contributed by atoms with Crippen LogP contribution in [0, 0.1) is 0 Å². The molecule has 1 aromatic carbocycles. The Bertz CT molecular complexity index is 301. The van der Waals surface area contributed by atoms with Crippen LogP contribution < -0.4 is 0 Å². The van der Waals surface area contributed by atoms with Gasteiger partial charge in [0.05, 0.1) is 0 Å². The van der Waals surface area contributed by atoms with Crippen LogP contribution in [0.2, 0.25) is 0 Å². The number of benzene rings is 1. The molecular weight excluding hydrogens is 204 g/mol. The summed E-state index contributed by atoms with van der Waals surface area (Å²) in [5.74, 6) is 0.781. The largest absolute Gasteiger partial charge is 0.0654 e. The summed E-state index contributed by atoms with van der Waals surface area (Å²) in [6.07, 6.45) is 9.35. The molecule has 0 aromatic heterocycles. The van der Waals surface area contributed by atoms with Crippen LogP contribution >= 0.6 is 0 Å². The summed E-state index contributed by atoms with van der Waals surface area (Å²) < 4.78 is 0. The molecule has 1 unspecified atom stereocenters. The van der Waals surface area contributed by atoms with E-state index in [0.717, 1.165) is 5.92 Å². The maximum Gasteiger partial charge on any atom is -0.0162 e. The molecule has 0 N–H and O–H groups in total. The van der Waals surface area contributed by atoms with E-state index in [9.17, 15) is 0 Å². The Morgan fingerprint density at radius 1 is 0.941 bits per heavy atom. The summed E-state index contributed by atoms with van der Waals surface area (Å²) in [4.78, 5) is 0. The Hall–Kier alpha value is -0.780. The van der Waals surface area contributed by atoms with Crippen molar-refractivity contribution in [2.75, 3.05) is 0 Å². The fourth-order valence-corrected chi connectivity index (χ4v) is 2.65. The zero-order valence-electron chi connectivity index (χ0n) is 11.8.